The van der Waals surface area contributed by atoms with Crippen molar-refractivity contribution in [2.75, 3.05) is 0 Å². The van der Waals surface area contributed by atoms with Gasteiger partial charge in [-0.05, 0) is 34.5 Å². The van der Waals surface area contributed by atoms with Crippen LogP contribution in [0.4, 0.5) is 0 Å². The Morgan fingerprint density at radius 2 is 2.40 bits per heavy atom. The van der Waals surface area contributed by atoms with Crippen LogP contribution >= 0.6 is 15.9 Å². The lowest BCUT2D eigenvalue weighted by Gasteiger charge is -2.00. The van der Waals surface area contributed by atoms with Gasteiger partial charge >= 0.3 is 0 Å². The van der Waals surface area contributed by atoms with Gasteiger partial charge in [0, 0.05) is 22.9 Å². The molecule has 0 saturated carbocycles. The molecule has 10 heavy (non-hydrogen) atoms. The number of rotatable bonds is 1. The highest BCUT2D eigenvalue weighted by Gasteiger charge is 1.96. The molecule has 0 amide bonds. The average Bonchev–Trinajstić information content (AvgIpc) is 1.94. The molecule has 0 aliphatic rings. The molecule has 0 fully saturated rings. The van der Waals surface area contributed by atoms with Gasteiger partial charge in [-0.1, -0.05) is 0 Å². The number of hydrogen-bond acceptors (Lipinski definition) is 2. The zero-order chi connectivity index (χ0) is 7.56. The molecular weight excluding hydrogens is 192 g/mol. The van der Waals surface area contributed by atoms with E-state index in [1.807, 2.05) is 13.0 Å². The Labute approximate surface area is 68.6 Å². The van der Waals surface area contributed by atoms with Crippen molar-refractivity contribution in [1.82, 2.24) is 4.98 Å². The molecule has 1 rings (SSSR count). The Hall–Kier alpha value is -0.410. The van der Waals surface area contributed by atoms with Crippen molar-refractivity contribution in [2.24, 2.45) is 5.73 Å². The van der Waals surface area contributed by atoms with Gasteiger partial charge < -0.3 is 5.73 Å². The second-order valence-corrected chi connectivity index (χ2v) is 3.02. The van der Waals surface area contributed by atoms with Gasteiger partial charge in [-0.2, -0.15) is 0 Å². The fraction of sp³-hybridized carbons (Fsp3) is 0.286. The third kappa shape index (κ3) is 1.55. The summed E-state index contributed by atoms with van der Waals surface area (Å²) in [6.45, 7) is 2.51. The summed E-state index contributed by atoms with van der Waals surface area (Å²) >= 11 is 3.32. The lowest BCUT2D eigenvalue weighted by molar-refractivity contribution is 1.00. The van der Waals surface area contributed by atoms with Crippen LogP contribution in [0.1, 0.15) is 11.3 Å². The number of aromatic nitrogens is 1. The Morgan fingerprint density at radius 3 is 2.90 bits per heavy atom. The Morgan fingerprint density at radius 1 is 1.70 bits per heavy atom. The zero-order valence-corrected chi connectivity index (χ0v) is 7.35. The smallest absolute Gasteiger partial charge is 0.0418 e. The molecular formula is C7H9BrN2. The summed E-state index contributed by atoms with van der Waals surface area (Å²) in [6, 6.07) is 1.99. The zero-order valence-electron chi connectivity index (χ0n) is 5.76. The highest BCUT2D eigenvalue weighted by molar-refractivity contribution is 9.10. The van der Waals surface area contributed by atoms with Crippen molar-refractivity contribution >= 4 is 15.9 Å². The Kier molecular flexibility index (Phi) is 2.40. The van der Waals surface area contributed by atoms with Crippen molar-refractivity contribution < 1.29 is 0 Å². The molecule has 0 bridgehead atoms. The van der Waals surface area contributed by atoms with Crippen LogP contribution in [0.15, 0.2) is 16.7 Å². The van der Waals surface area contributed by atoms with Crippen molar-refractivity contribution in [3.8, 4) is 0 Å². The molecule has 54 valence electrons. The number of halogens is 1. The maximum absolute atomic E-state index is 5.46. The van der Waals surface area contributed by atoms with Crippen molar-refractivity contribution in [2.45, 2.75) is 13.5 Å². The summed E-state index contributed by atoms with van der Waals surface area (Å²) in [6.07, 6.45) is 1.77. The SMILES string of the molecule is Cc1ncc(Br)cc1CN. The quantitative estimate of drug-likeness (QED) is 0.749. The normalized spacial score (nSPS) is 9.90. The molecule has 0 aliphatic carbocycles. The lowest BCUT2D eigenvalue weighted by Crippen LogP contribution is -2.00. The van der Waals surface area contributed by atoms with Crippen LogP contribution in [0.5, 0.6) is 0 Å². The van der Waals surface area contributed by atoms with Gasteiger partial charge in [0.1, 0.15) is 0 Å². The van der Waals surface area contributed by atoms with Crippen LogP contribution in [-0.4, -0.2) is 4.98 Å². The maximum Gasteiger partial charge on any atom is 0.0418 e. The predicted molar refractivity (Wildman–Crippen MR) is 44.6 cm³/mol. The van der Waals surface area contributed by atoms with E-state index < -0.39 is 0 Å². The third-order valence-electron chi connectivity index (χ3n) is 1.38. The first-order valence-electron chi connectivity index (χ1n) is 3.05. The lowest BCUT2D eigenvalue weighted by atomic mass is 10.2. The minimum Gasteiger partial charge on any atom is -0.326 e. The molecule has 1 heterocycles. The largest absolute Gasteiger partial charge is 0.326 e. The van der Waals surface area contributed by atoms with Gasteiger partial charge in [-0.3, -0.25) is 4.98 Å². The molecule has 2 N–H and O–H groups in total. The predicted octanol–water partition coefficient (Wildman–Crippen LogP) is 1.61. The van der Waals surface area contributed by atoms with Crippen LogP contribution in [0.3, 0.4) is 0 Å². The van der Waals surface area contributed by atoms with E-state index in [2.05, 4.69) is 20.9 Å². The van der Waals surface area contributed by atoms with E-state index in [0.717, 1.165) is 15.7 Å². The van der Waals surface area contributed by atoms with Crippen LogP contribution in [0.2, 0.25) is 0 Å². The first-order chi connectivity index (χ1) is 4.74. The monoisotopic (exact) mass is 200 g/mol. The molecule has 0 saturated heterocycles. The third-order valence-corrected chi connectivity index (χ3v) is 1.81. The maximum atomic E-state index is 5.46. The van der Waals surface area contributed by atoms with Gasteiger partial charge in [0.2, 0.25) is 0 Å². The minimum atomic E-state index is 0.554. The van der Waals surface area contributed by atoms with Crippen molar-refractivity contribution in [1.29, 1.82) is 0 Å². The second kappa shape index (κ2) is 3.12. The topological polar surface area (TPSA) is 38.9 Å². The second-order valence-electron chi connectivity index (χ2n) is 2.10. The summed E-state index contributed by atoms with van der Waals surface area (Å²) in [5, 5.41) is 0. The molecule has 0 aliphatic heterocycles. The summed E-state index contributed by atoms with van der Waals surface area (Å²) in [7, 11) is 0. The van der Waals surface area contributed by atoms with Crippen LogP contribution in [0, 0.1) is 6.92 Å². The molecule has 1 aromatic heterocycles. The molecule has 0 radical (unpaired) electrons. The van der Waals surface area contributed by atoms with Crippen LogP contribution in [-0.2, 0) is 6.54 Å². The number of nitrogens with two attached hydrogens (primary N) is 1. The van der Waals surface area contributed by atoms with Gasteiger partial charge in [0.25, 0.3) is 0 Å². The van der Waals surface area contributed by atoms with E-state index in [1.54, 1.807) is 6.20 Å². The first-order valence-corrected chi connectivity index (χ1v) is 3.84. The Balaban J connectivity index is 3.09. The highest BCUT2D eigenvalue weighted by atomic mass is 79.9. The van der Waals surface area contributed by atoms with E-state index in [1.165, 1.54) is 0 Å². The number of nitrogens with zero attached hydrogens (tertiary/aromatic N) is 1. The van der Waals surface area contributed by atoms with Crippen molar-refractivity contribution in [3.63, 3.8) is 0 Å². The van der Waals surface area contributed by atoms with E-state index in [9.17, 15) is 0 Å². The number of aryl methyl sites for hydroxylation is 1. The molecule has 0 atom stereocenters. The molecule has 2 nitrogen and oxygen atoms in total. The van der Waals surface area contributed by atoms with Gasteiger partial charge in [0.05, 0.1) is 0 Å². The van der Waals surface area contributed by atoms with E-state index in [4.69, 9.17) is 5.73 Å². The summed E-state index contributed by atoms with van der Waals surface area (Å²) in [5.41, 5.74) is 7.56. The minimum absolute atomic E-state index is 0.554. The van der Waals surface area contributed by atoms with Gasteiger partial charge in [-0.15, -0.1) is 0 Å². The van der Waals surface area contributed by atoms with E-state index in [-0.39, 0.29) is 0 Å². The number of pyridine rings is 1. The molecule has 1 aromatic rings. The van der Waals surface area contributed by atoms with Gasteiger partial charge in [-0.25, -0.2) is 0 Å². The van der Waals surface area contributed by atoms with Gasteiger partial charge in [0.15, 0.2) is 0 Å². The fourth-order valence-electron chi connectivity index (χ4n) is 0.756. The molecule has 0 spiro atoms. The molecule has 0 unspecified atom stereocenters. The van der Waals surface area contributed by atoms with E-state index in [0.29, 0.717) is 6.54 Å². The fourth-order valence-corrected chi connectivity index (χ4v) is 1.13. The van der Waals surface area contributed by atoms with E-state index >= 15 is 0 Å². The summed E-state index contributed by atoms with van der Waals surface area (Å²) in [4.78, 5) is 4.12. The molecule has 3 heteroatoms. The average molecular weight is 201 g/mol. The number of hydrogen-bond donors (Lipinski definition) is 1. The standard InChI is InChI=1S/C7H9BrN2/c1-5-6(3-9)2-7(8)4-10-5/h2,4H,3,9H2,1H3. The molecule has 0 aromatic carbocycles. The van der Waals surface area contributed by atoms with Crippen LogP contribution in [0.25, 0.3) is 0 Å². The first kappa shape index (κ1) is 7.69. The van der Waals surface area contributed by atoms with Crippen LogP contribution < -0.4 is 5.73 Å². The highest BCUT2D eigenvalue weighted by Crippen LogP contribution is 2.12. The van der Waals surface area contributed by atoms with Crippen molar-refractivity contribution in [3.05, 3.63) is 28.0 Å². The Bertz CT molecular complexity index is 235. The summed E-state index contributed by atoms with van der Waals surface area (Å²) in [5.74, 6) is 0. The summed E-state index contributed by atoms with van der Waals surface area (Å²) < 4.78 is 0.985.